The molecule has 0 fully saturated rings. The summed E-state index contributed by atoms with van der Waals surface area (Å²) >= 11 is 0. The molecule has 1 heteroatoms. The number of hydrogen-bond donors (Lipinski definition) is 1. The van der Waals surface area contributed by atoms with Crippen molar-refractivity contribution in [2.75, 3.05) is 0 Å². The van der Waals surface area contributed by atoms with Gasteiger partial charge in [-0.05, 0) is 62.3 Å². The molecule has 1 aromatic rings. The Labute approximate surface area is 97.8 Å². The van der Waals surface area contributed by atoms with E-state index < -0.39 is 5.60 Å². The maximum absolute atomic E-state index is 9.99. The third-order valence-corrected chi connectivity index (χ3v) is 3.23. The molecule has 1 N–H and O–H groups in total. The Kier molecular flexibility index (Phi) is 3.15. The SMILES string of the molecule is CC(C)(O)c1cccc(C2=CCCCC2)c1. The second-order valence-corrected chi connectivity index (χ2v) is 5.11. The molecule has 2 rings (SSSR count). The van der Waals surface area contributed by atoms with Crippen molar-refractivity contribution in [3.8, 4) is 0 Å². The lowest BCUT2D eigenvalue weighted by Gasteiger charge is -2.20. The van der Waals surface area contributed by atoms with Crippen molar-refractivity contribution in [1.29, 1.82) is 0 Å². The Morgan fingerprint density at radius 1 is 1.19 bits per heavy atom. The van der Waals surface area contributed by atoms with Crippen LogP contribution in [0.2, 0.25) is 0 Å². The van der Waals surface area contributed by atoms with Gasteiger partial charge in [0.05, 0.1) is 5.60 Å². The van der Waals surface area contributed by atoms with Crippen LogP contribution in [0.3, 0.4) is 0 Å². The van der Waals surface area contributed by atoms with E-state index in [2.05, 4.69) is 18.2 Å². The lowest BCUT2D eigenvalue weighted by molar-refractivity contribution is 0.0786. The minimum Gasteiger partial charge on any atom is -0.386 e. The highest BCUT2D eigenvalue weighted by Crippen LogP contribution is 2.29. The summed E-state index contributed by atoms with van der Waals surface area (Å²) in [6, 6.07) is 8.30. The zero-order valence-electron chi connectivity index (χ0n) is 10.2. The summed E-state index contributed by atoms with van der Waals surface area (Å²) in [5.74, 6) is 0. The maximum atomic E-state index is 9.99. The summed E-state index contributed by atoms with van der Waals surface area (Å²) in [5.41, 5.74) is 2.97. The molecule has 0 unspecified atom stereocenters. The molecule has 0 saturated heterocycles. The second kappa shape index (κ2) is 4.42. The first kappa shape index (κ1) is 11.4. The van der Waals surface area contributed by atoms with Crippen LogP contribution in [-0.4, -0.2) is 5.11 Å². The Bertz CT molecular complexity index is 396. The molecule has 0 bridgehead atoms. The van der Waals surface area contributed by atoms with Crippen LogP contribution >= 0.6 is 0 Å². The molecular formula is C15H20O. The molecule has 0 amide bonds. The van der Waals surface area contributed by atoms with E-state index in [0.29, 0.717) is 0 Å². The van der Waals surface area contributed by atoms with Gasteiger partial charge in [0.1, 0.15) is 0 Å². The summed E-state index contributed by atoms with van der Waals surface area (Å²) < 4.78 is 0. The largest absolute Gasteiger partial charge is 0.386 e. The Balaban J connectivity index is 2.32. The Hall–Kier alpha value is -1.08. The smallest absolute Gasteiger partial charge is 0.0840 e. The van der Waals surface area contributed by atoms with E-state index in [4.69, 9.17) is 0 Å². The molecule has 1 aromatic carbocycles. The normalized spacial score (nSPS) is 17.1. The highest BCUT2D eigenvalue weighted by Gasteiger charge is 2.16. The van der Waals surface area contributed by atoms with E-state index in [1.54, 1.807) is 0 Å². The van der Waals surface area contributed by atoms with E-state index in [1.807, 2.05) is 26.0 Å². The molecule has 0 aromatic heterocycles. The molecule has 0 spiro atoms. The molecule has 0 saturated carbocycles. The van der Waals surface area contributed by atoms with Crippen molar-refractivity contribution in [3.63, 3.8) is 0 Å². The topological polar surface area (TPSA) is 20.2 Å². The molecule has 0 atom stereocenters. The van der Waals surface area contributed by atoms with Crippen LogP contribution in [0.4, 0.5) is 0 Å². The zero-order chi connectivity index (χ0) is 11.6. The molecular weight excluding hydrogens is 196 g/mol. The highest BCUT2D eigenvalue weighted by molar-refractivity contribution is 5.66. The predicted octanol–water partition coefficient (Wildman–Crippen LogP) is 3.87. The van der Waals surface area contributed by atoms with Crippen LogP contribution in [-0.2, 0) is 5.60 Å². The van der Waals surface area contributed by atoms with Gasteiger partial charge in [0.15, 0.2) is 0 Å². The average Bonchev–Trinajstić information content (AvgIpc) is 2.29. The number of aliphatic hydroxyl groups is 1. The van der Waals surface area contributed by atoms with Gasteiger partial charge < -0.3 is 5.11 Å². The molecule has 1 aliphatic carbocycles. The molecule has 0 heterocycles. The van der Waals surface area contributed by atoms with Gasteiger partial charge in [0.25, 0.3) is 0 Å². The monoisotopic (exact) mass is 216 g/mol. The minimum atomic E-state index is -0.745. The predicted molar refractivity (Wildman–Crippen MR) is 68.1 cm³/mol. The molecule has 0 aliphatic heterocycles. The van der Waals surface area contributed by atoms with Gasteiger partial charge >= 0.3 is 0 Å². The first-order chi connectivity index (χ1) is 7.57. The standard InChI is InChI=1S/C15H20O/c1-15(2,16)14-10-6-9-13(11-14)12-7-4-3-5-8-12/h6-7,9-11,16H,3-5,8H2,1-2H3. The summed E-state index contributed by atoms with van der Waals surface area (Å²) in [6.07, 6.45) is 7.32. The molecule has 1 nitrogen and oxygen atoms in total. The number of benzene rings is 1. The first-order valence-electron chi connectivity index (χ1n) is 6.10. The number of hydrogen-bond acceptors (Lipinski definition) is 1. The van der Waals surface area contributed by atoms with Gasteiger partial charge in [-0.3, -0.25) is 0 Å². The average molecular weight is 216 g/mol. The van der Waals surface area contributed by atoms with E-state index in [1.165, 1.54) is 36.8 Å². The van der Waals surface area contributed by atoms with Gasteiger partial charge in [0, 0.05) is 0 Å². The van der Waals surface area contributed by atoms with Crippen molar-refractivity contribution < 1.29 is 5.11 Å². The quantitative estimate of drug-likeness (QED) is 0.795. The molecule has 16 heavy (non-hydrogen) atoms. The Morgan fingerprint density at radius 2 is 2.00 bits per heavy atom. The first-order valence-corrected chi connectivity index (χ1v) is 6.10. The fourth-order valence-electron chi connectivity index (χ4n) is 2.20. The summed E-state index contributed by atoms with van der Waals surface area (Å²) in [7, 11) is 0. The van der Waals surface area contributed by atoms with E-state index >= 15 is 0 Å². The summed E-state index contributed by atoms with van der Waals surface area (Å²) in [6.45, 7) is 3.67. The van der Waals surface area contributed by atoms with E-state index in [9.17, 15) is 5.11 Å². The van der Waals surface area contributed by atoms with Crippen LogP contribution in [0.15, 0.2) is 30.3 Å². The lowest BCUT2D eigenvalue weighted by atomic mass is 9.90. The van der Waals surface area contributed by atoms with Crippen LogP contribution < -0.4 is 0 Å². The van der Waals surface area contributed by atoms with Gasteiger partial charge in [-0.2, -0.15) is 0 Å². The van der Waals surface area contributed by atoms with Gasteiger partial charge in [-0.15, -0.1) is 0 Å². The van der Waals surface area contributed by atoms with Gasteiger partial charge in [-0.25, -0.2) is 0 Å². The fraction of sp³-hybridized carbons (Fsp3) is 0.467. The van der Waals surface area contributed by atoms with Crippen LogP contribution in [0.5, 0.6) is 0 Å². The third-order valence-electron chi connectivity index (χ3n) is 3.23. The molecule has 86 valence electrons. The van der Waals surface area contributed by atoms with Crippen molar-refractivity contribution in [2.45, 2.75) is 45.1 Å². The van der Waals surface area contributed by atoms with Crippen LogP contribution in [0.1, 0.15) is 50.7 Å². The fourth-order valence-corrected chi connectivity index (χ4v) is 2.20. The van der Waals surface area contributed by atoms with Crippen molar-refractivity contribution >= 4 is 5.57 Å². The Morgan fingerprint density at radius 3 is 2.62 bits per heavy atom. The highest BCUT2D eigenvalue weighted by atomic mass is 16.3. The number of allylic oxidation sites excluding steroid dienone is 2. The second-order valence-electron chi connectivity index (χ2n) is 5.11. The van der Waals surface area contributed by atoms with Crippen LogP contribution in [0.25, 0.3) is 5.57 Å². The third kappa shape index (κ3) is 2.53. The van der Waals surface area contributed by atoms with Crippen molar-refractivity contribution in [2.24, 2.45) is 0 Å². The van der Waals surface area contributed by atoms with Crippen molar-refractivity contribution in [1.82, 2.24) is 0 Å². The summed E-state index contributed by atoms with van der Waals surface area (Å²) in [5, 5.41) is 9.99. The maximum Gasteiger partial charge on any atom is 0.0840 e. The molecule has 1 aliphatic rings. The molecule has 0 radical (unpaired) electrons. The van der Waals surface area contributed by atoms with E-state index in [0.717, 1.165) is 5.56 Å². The lowest BCUT2D eigenvalue weighted by Crippen LogP contribution is -2.15. The zero-order valence-corrected chi connectivity index (χ0v) is 10.2. The van der Waals surface area contributed by atoms with Gasteiger partial charge in [-0.1, -0.05) is 24.3 Å². The van der Waals surface area contributed by atoms with Gasteiger partial charge in [0.2, 0.25) is 0 Å². The van der Waals surface area contributed by atoms with Crippen LogP contribution in [0, 0.1) is 0 Å². The minimum absolute atomic E-state index is 0.745. The van der Waals surface area contributed by atoms with E-state index in [-0.39, 0.29) is 0 Å². The summed E-state index contributed by atoms with van der Waals surface area (Å²) in [4.78, 5) is 0. The number of rotatable bonds is 2. The van der Waals surface area contributed by atoms with Crippen molar-refractivity contribution in [3.05, 3.63) is 41.5 Å².